The quantitative estimate of drug-likeness (QED) is 0.292. The zero-order chi connectivity index (χ0) is 22.2. The molecule has 1 aliphatic carbocycles. The zero-order valence-electron chi connectivity index (χ0n) is 18.3. The van der Waals surface area contributed by atoms with Crippen LogP contribution in [0.4, 0.5) is 5.69 Å². The predicted octanol–water partition coefficient (Wildman–Crippen LogP) is 6.13. The summed E-state index contributed by atoms with van der Waals surface area (Å²) in [6, 6.07) is 14.4. The monoisotopic (exact) mass is 558 g/mol. The van der Waals surface area contributed by atoms with E-state index < -0.39 is 0 Å². The van der Waals surface area contributed by atoms with Gasteiger partial charge in [0.1, 0.15) is 5.75 Å². The van der Waals surface area contributed by atoms with E-state index in [9.17, 15) is 0 Å². The molecule has 2 N–H and O–H groups in total. The average molecular weight is 558 g/mol. The van der Waals surface area contributed by atoms with Gasteiger partial charge in [-0.25, -0.2) is 0 Å². The summed E-state index contributed by atoms with van der Waals surface area (Å²) in [5.41, 5.74) is 5.64. The molecule has 0 amide bonds. The van der Waals surface area contributed by atoms with Gasteiger partial charge in [0.05, 0.1) is 23.9 Å². The third-order valence-corrected chi connectivity index (χ3v) is 8.16. The molecule has 2 fully saturated rings. The summed E-state index contributed by atoms with van der Waals surface area (Å²) in [7, 11) is 0. The van der Waals surface area contributed by atoms with Crippen molar-refractivity contribution < 1.29 is 4.74 Å². The number of aryl methyl sites for hydroxylation is 2. The molecule has 0 bridgehead atoms. The SMILES string of the molecule is Cc1[nH]c(C)c([C@@H]2[C@@H](c3ccccn3)NC(=S)N2c2ccc(OC3CCCC3)cc2)c1I. The Morgan fingerprint density at radius 1 is 1.06 bits per heavy atom. The Bertz CT molecular complexity index is 1110. The van der Waals surface area contributed by atoms with Gasteiger partial charge in [0.25, 0.3) is 0 Å². The molecule has 5 rings (SSSR count). The van der Waals surface area contributed by atoms with Crippen LogP contribution in [0.25, 0.3) is 0 Å². The van der Waals surface area contributed by atoms with E-state index in [1.54, 1.807) is 0 Å². The van der Waals surface area contributed by atoms with Crippen molar-refractivity contribution in [2.45, 2.75) is 57.7 Å². The minimum Gasteiger partial charge on any atom is -0.490 e. The molecule has 7 heteroatoms. The van der Waals surface area contributed by atoms with Gasteiger partial charge >= 0.3 is 0 Å². The van der Waals surface area contributed by atoms with E-state index in [0.29, 0.717) is 11.2 Å². The molecule has 3 heterocycles. The van der Waals surface area contributed by atoms with Crippen LogP contribution >= 0.6 is 34.8 Å². The molecule has 1 saturated heterocycles. The van der Waals surface area contributed by atoms with Gasteiger partial charge in [-0.15, -0.1) is 0 Å². The minimum absolute atomic E-state index is 0.00384. The fraction of sp³-hybridized carbons (Fsp3) is 0.360. The first-order chi connectivity index (χ1) is 15.5. The van der Waals surface area contributed by atoms with Gasteiger partial charge in [0.2, 0.25) is 0 Å². The average Bonchev–Trinajstić information content (AvgIpc) is 3.48. The van der Waals surface area contributed by atoms with E-state index in [1.807, 2.05) is 18.3 Å². The molecular weight excluding hydrogens is 531 g/mol. The Labute approximate surface area is 208 Å². The number of hydrogen-bond donors (Lipinski definition) is 2. The zero-order valence-corrected chi connectivity index (χ0v) is 21.2. The van der Waals surface area contributed by atoms with Crippen molar-refractivity contribution in [1.29, 1.82) is 0 Å². The molecule has 166 valence electrons. The lowest BCUT2D eigenvalue weighted by Crippen LogP contribution is -2.29. The first kappa shape index (κ1) is 21.7. The van der Waals surface area contributed by atoms with Gasteiger partial charge < -0.3 is 19.9 Å². The third-order valence-electron chi connectivity index (χ3n) is 6.46. The van der Waals surface area contributed by atoms with Crippen molar-refractivity contribution in [3.8, 4) is 5.75 Å². The molecule has 1 aromatic carbocycles. The number of halogens is 1. The summed E-state index contributed by atoms with van der Waals surface area (Å²) < 4.78 is 7.42. The summed E-state index contributed by atoms with van der Waals surface area (Å²) in [6.45, 7) is 4.26. The number of pyridine rings is 1. The molecule has 1 saturated carbocycles. The number of benzene rings is 1. The molecule has 2 aliphatic rings. The molecular formula is C25H27IN4OS. The Morgan fingerprint density at radius 3 is 2.44 bits per heavy atom. The van der Waals surface area contributed by atoms with Crippen molar-refractivity contribution in [1.82, 2.24) is 15.3 Å². The molecule has 0 spiro atoms. The maximum Gasteiger partial charge on any atom is 0.174 e. The van der Waals surface area contributed by atoms with Crippen LogP contribution in [0.5, 0.6) is 5.75 Å². The number of H-pyrrole nitrogens is 1. The van der Waals surface area contributed by atoms with Crippen LogP contribution in [0.1, 0.15) is 60.4 Å². The highest BCUT2D eigenvalue weighted by molar-refractivity contribution is 14.1. The number of aromatic nitrogens is 2. The Balaban J connectivity index is 1.53. The van der Waals surface area contributed by atoms with Gasteiger partial charge in [0, 0.05) is 32.4 Å². The van der Waals surface area contributed by atoms with Crippen LogP contribution in [0.15, 0.2) is 48.7 Å². The van der Waals surface area contributed by atoms with Gasteiger partial charge in [-0.1, -0.05) is 6.07 Å². The highest BCUT2D eigenvalue weighted by Crippen LogP contribution is 2.44. The normalized spacial score (nSPS) is 21.2. The number of nitrogens with one attached hydrogen (secondary N) is 2. The van der Waals surface area contributed by atoms with Gasteiger partial charge in [-0.3, -0.25) is 4.98 Å². The fourth-order valence-electron chi connectivity index (χ4n) is 4.93. The Kier molecular flexibility index (Phi) is 6.11. The summed E-state index contributed by atoms with van der Waals surface area (Å²) in [6.07, 6.45) is 7.03. The molecule has 32 heavy (non-hydrogen) atoms. The molecule has 0 radical (unpaired) electrons. The maximum atomic E-state index is 6.18. The Hall–Kier alpha value is -2.13. The minimum atomic E-state index is -0.0412. The first-order valence-corrected chi connectivity index (χ1v) is 12.6. The Morgan fingerprint density at radius 2 is 1.81 bits per heavy atom. The largest absolute Gasteiger partial charge is 0.490 e. The lowest BCUT2D eigenvalue weighted by Gasteiger charge is -2.28. The summed E-state index contributed by atoms with van der Waals surface area (Å²) >= 11 is 8.31. The van der Waals surface area contributed by atoms with E-state index in [-0.39, 0.29) is 12.1 Å². The van der Waals surface area contributed by atoms with E-state index in [4.69, 9.17) is 17.0 Å². The highest BCUT2D eigenvalue weighted by Gasteiger charge is 2.43. The summed E-state index contributed by atoms with van der Waals surface area (Å²) in [5.74, 6) is 0.930. The van der Waals surface area contributed by atoms with Crippen molar-refractivity contribution in [2.24, 2.45) is 0 Å². The van der Waals surface area contributed by atoms with Crippen LogP contribution < -0.4 is 15.0 Å². The topological polar surface area (TPSA) is 53.2 Å². The van der Waals surface area contributed by atoms with Crippen LogP contribution in [0, 0.1) is 17.4 Å². The van der Waals surface area contributed by atoms with E-state index >= 15 is 0 Å². The van der Waals surface area contributed by atoms with E-state index in [1.165, 1.54) is 27.7 Å². The lowest BCUT2D eigenvalue weighted by molar-refractivity contribution is 0.210. The molecule has 3 aromatic rings. The lowest BCUT2D eigenvalue weighted by atomic mass is 9.96. The third kappa shape index (κ3) is 4.01. The number of nitrogens with zero attached hydrogens (tertiary/aromatic N) is 2. The van der Waals surface area contributed by atoms with Crippen LogP contribution in [-0.4, -0.2) is 21.2 Å². The molecule has 1 aliphatic heterocycles. The van der Waals surface area contributed by atoms with Crippen molar-refractivity contribution >= 4 is 45.6 Å². The van der Waals surface area contributed by atoms with Crippen molar-refractivity contribution in [3.05, 3.63) is 74.9 Å². The summed E-state index contributed by atoms with van der Waals surface area (Å²) in [5, 5.41) is 4.26. The number of aromatic amines is 1. The molecule has 2 atom stereocenters. The fourth-order valence-corrected chi connectivity index (χ4v) is 6.14. The van der Waals surface area contributed by atoms with Gasteiger partial charge in [-0.2, -0.15) is 0 Å². The van der Waals surface area contributed by atoms with Crippen molar-refractivity contribution in [2.75, 3.05) is 4.90 Å². The van der Waals surface area contributed by atoms with Crippen LogP contribution in [0.2, 0.25) is 0 Å². The predicted molar refractivity (Wildman–Crippen MR) is 140 cm³/mol. The molecule has 0 unspecified atom stereocenters. The van der Waals surface area contributed by atoms with Crippen LogP contribution in [0.3, 0.4) is 0 Å². The van der Waals surface area contributed by atoms with E-state index in [2.05, 4.69) is 87.0 Å². The molecule has 5 nitrogen and oxygen atoms in total. The number of hydrogen-bond acceptors (Lipinski definition) is 3. The van der Waals surface area contributed by atoms with Gasteiger partial charge in [-0.05, 0) is 111 Å². The highest BCUT2D eigenvalue weighted by atomic mass is 127. The standard InChI is InChI=1S/C25H27IN4OS/c1-15-21(22(26)16(2)28-15)24-23(20-9-5-6-14-27-20)29-25(32)30(24)17-10-12-19(13-11-17)31-18-7-3-4-8-18/h5-6,9-14,18,23-24,28H,3-4,7-8H2,1-2H3,(H,29,32)/t23-,24-/m1/s1. The number of rotatable bonds is 5. The molecule has 2 aromatic heterocycles. The number of thiocarbonyl (C=S) groups is 1. The summed E-state index contributed by atoms with van der Waals surface area (Å²) in [4.78, 5) is 10.4. The second-order valence-electron chi connectivity index (χ2n) is 8.62. The van der Waals surface area contributed by atoms with Crippen molar-refractivity contribution in [3.63, 3.8) is 0 Å². The van der Waals surface area contributed by atoms with E-state index in [0.717, 1.165) is 35.7 Å². The second kappa shape index (κ2) is 9.02. The smallest absolute Gasteiger partial charge is 0.174 e. The van der Waals surface area contributed by atoms with Gasteiger partial charge in [0.15, 0.2) is 5.11 Å². The number of ether oxygens (including phenoxy) is 1. The maximum absolute atomic E-state index is 6.18. The first-order valence-electron chi connectivity index (χ1n) is 11.1. The second-order valence-corrected chi connectivity index (χ2v) is 10.1. The van der Waals surface area contributed by atoms with Crippen LogP contribution in [-0.2, 0) is 0 Å². The number of anilines is 1.